The molecule has 0 radical (unpaired) electrons. The molecule has 0 aliphatic carbocycles. The number of hydrogen-bond acceptors (Lipinski definition) is 6. The maximum Gasteiger partial charge on any atom is 0.439 e. The van der Waals surface area contributed by atoms with E-state index in [0.29, 0.717) is 40.7 Å². The van der Waals surface area contributed by atoms with Gasteiger partial charge < -0.3 is 9.47 Å². The van der Waals surface area contributed by atoms with E-state index in [1.165, 1.54) is 6.07 Å². The number of hydrogen-bond donors (Lipinski definition) is 1. The zero-order chi connectivity index (χ0) is 23.8. The minimum atomic E-state index is -1.25. The van der Waals surface area contributed by atoms with E-state index in [4.69, 9.17) is 9.47 Å². The van der Waals surface area contributed by atoms with Crippen molar-refractivity contribution in [3.8, 4) is 23.0 Å². The lowest BCUT2D eigenvalue weighted by Gasteiger charge is -2.17. The van der Waals surface area contributed by atoms with E-state index >= 15 is 0 Å². The van der Waals surface area contributed by atoms with Crippen molar-refractivity contribution in [2.24, 2.45) is 0 Å². The summed E-state index contributed by atoms with van der Waals surface area (Å²) in [7, 11) is -1.25. The Labute approximate surface area is 198 Å². The number of nitrogens with zero attached hydrogens (tertiary/aromatic N) is 3. The van der Waals surface area contributed by atoms with Crippen molar-refractivity contribution in [3.05, 3.63) is 56.9 Å². The van der Waals surface area contributed by atoms with Crippen LogP contribution in [0.4, 0.5) is 4.39 Å². The van der Waals surface area contributed by atoms with Gasteiger partial charge in [0.1, 0.15) is 17.1 Å². The van der Waals surface area contributed by atoms with Gasteiger partial charge in [0.15, 0.2) is 11.6 Å². The molecule has 0 saturated carbocycles. The molecule has 0 saturated heterocycles. The van der Waals surface area contributed by atoms with Crippen LogP contribution in [0.25, 0.3) is 22.4 Å². The second-order valence-electron chi connectivity index (χ2n) is 8.95. The quantitative estimate of drug-likeness (QED) is 0.177. The number of benzene rings is 1. The lowest BCUT2D eigenvalue weighted by atomic mass is 10.1. The molecular weight excluding hydrogens is 511 g/mol. The largest absolute Gasteiger partial charge is 0.440 e. The third-order valence-electron chi connectivity index (χ3n) is 5.09. The molecule has 0 atom stereocenters. The van der Waals surface area contributed by atoms with Crippen molar-refractivity contribution in [1.29, 1.82) is 0 Å². The minimum Gasteiger partial charge on any atom is -0.440 e. The van der Waals surface area contributed by atoms with Crippen molar-refractivity contribution in [2.75, 3.05) is 6.61 Å². The zero-order valence-corrected chi connectivity index (χ0v) is 21.3. The average Bonchev–Trinajstić information content (AvgIpc) is 3.30. The Morgan fingerprint density at radius 3 is 2.73 bits per heavy atom. The van der Waals surface area contributed by atoms with Crippen LogP contribution in [0.15, 0.2) is 44.3 Å². The highest BCUT2D eigenvalue weighted by molar-refractivity contribution is 9.10. The smallest absolute Gasteiger partial charge is 0.439 e. The molecule has 1 N–H and O–H groups in total. The molecule has 0 unspecified atom stereocenters. The fourth-order valence-electron chi connectivity index (χ4n) is 3.18. The first-order chi connectivity index (χ1) is 15.6. The van der Waals surface area contributed by atoms with E-state index in [-0.39, 0.29) is 11.3 Å². The summed E-state index contributed by atoms with van der Waals surface area (Å²) in [6.45, 7) is 9.55. The molecule has 33 heavy (non-hydrogen) atoms. The topological polar surface area (TPSA) is 95.2 Å². The van der Waals surface area contributed by atoms with Gasteiger partial charge in [-0.3, -0.25) is 14.1 Å². The highest BCUT2D eigenvalue weighted by Gasteiger charge is 2.18. The van der Waals surface area contributed by atoms with E-state index in [9.17, 15) is 9.18 Å². The van der Waals surface area contributed by atoms with Crippen LogP contribution in [0.1, 0.15) is 5.56 Å². The molecular formula is C22H24BrFN4O4Si. The van der Waals surface area contributed by atoms with Crippen molar-refractivity contribution in [1.82, 2.24) is 19.7 Å². The molecule has 4 rings (SSSR count). The summed E-state index contributed by atoms with van der Waals surface area (Å²) >= 11 is 3.14. The molecule has 11 heteroatoms. The number of aromatic amines is 1. The van der Waals surface area contributed by atoms with Crippen LogP contribution in [0.5, 0.6) is 11.6 Å². The number of ether oxygens (including phenoxy) is 2. The number of fused-ring (bicyclic) bond motifs is 1. The Bertz CT molecular complexity index is 1360. The number of aryl methyl sites for hydroxylation is 1. The molecule has 0 aliphatic rings. The summed E-state index contributed by atoms with van der Waals surface area (Å²) in [6.07, 6.45) is 0. The van der Waals surface area contributed by atoms with Gasteiger partial charge in [-0.2, -0.15) is 0 Å². The van der Waals surface area contributed by atoms with E-state index in [2.05, 4.69) is 55.2 Å². The number of rotatable bonds is 8. The number of nitrogens with one attached hydrogen (secondary N) is 1. The first-order valence-corrected chi connectivity index (χ1v) is 14.9. The molecule has 4 aromatic rings. The minimum absolute atomic E-state index is 0.131. The van der Waals surface area contributed by atoms with Crippen molar-refractivity contribution >= 4 is 35.0 Å². The summed E-state index contributed by atoms with van der Waals surface area (Å²) in [5.41, 5.74) is 2.62. The summed E-state index contributed by atoms with van der Waals surface area (Å²) < 4.78 is 32.9. The highest BCUT2D eigenvalue weighted by Crippen LogP contribution is 2.33. The van der Waals surface area contributed by atoms with Crippen LogP contribution in [-0.2, 0) is 11.5 Å². The number of halogens is 2. The Balaban J connectivity index is 1.68. The zero-order valence-electron chi connectivity index (χ0n) is 18.7. The Kier molecular flexibility index (Phi) is 6.55. The molecule has 0 aliphatic heterocycles. The maximum absolute atomic E-state index is 14.3. The molecule has 0 fully saturated rings. The van der Waals surface area contributed by atoms with Gasteiger partial charge in [-0.05, 0) is 40.5 Å². The SMILES string of the molecule is Cc1ccc(-c2noc(=O)[nH]2)cc1Oc1cc2nc(Br)c(F)cc2n1COCC[Si](C)(C)C. The molecule has 3 heterocycles. The fourth-order valence-corrected chi connectivity index (χ4v) is 4.24. The van der Waals surface area contributed by atoms with Gasteiger partial charge in [0.25, 0.3) is 0 Å². The molecule has 0 bridgehead atoms. The molecule has 0 spiro atoms. The van der Waals surface area contributed by atoms with Crippen LogP contribution >= 0.6 is 15.9 Å². The van der Waals surface area contributed by atoms with Crippen LogP contribution in [0, 0.1) is 12.7 Å². The second-order valence-corrected chi connectivity index (χ2v) is 15.3. The molecule has 8 nitrogen and oxygen atoms in total. The average molecular weight is 535 g/mol. The summed E-state index contributed by atoms with van der Waals surface area (Å²) in [4.78, 5) is 18.1. The van der Waals surface area contributed by atoms with E-state index < -0.39 is 19.6 Å². The predicted molar refractivity (Wildman–Crippen MR) is 129 cm³/mol. The Morgan fingerprint density at radius 2 is 2.03 bits per heavy atom. The van der Waals surface area contributed by atoms with Crippen LogP contribution in [0.2, 0.25) is 25.7 Å². The second kappa shape index (κ2) is 9.24. The van der Waals surface area contributed by atoms with E-state index in [0.717, 1.165) is 11.6 Å². The number of pyridine rings is 1. The molecule has 1 aromatic carbocycles. The summed E-state index contributed by atoms with van der Waals surface area (Å²) in [5, 5.41) is 3.73. The van der Waals surface area contributed by atoms with Gasteiger partial charge in [-0.15, -0.1) is 0 Å². The van der Waals surface area contributed by atoms with Crippen LogP contribution < -0.4 is 10.5 Å². The Morgan fingerprint density at radius 1 is 1.24 bits per heavy atom. The molecule has 0 amide bonds. The van der Waals surface area contributed by atoms with Crippen LogP contribution in [-0.4, -0.2) is 34.4 Å². The third kappa shape index (κ3) is 5.42. The van der Waals surface area contributed by atoms with Crippen molar-refractivity contribution in [2.45, 2.75) is 39.3 Å². The number of aromatic nitrogens is 4. The maximum atomic E-state index is 14.3. The van der Waals surface area contributed by atoms with Gasteiger partial charge >= 0.3 is 5.76 Å². The summed E-state index contributed by atoms with van der Waals surface area (Å²) in [5.74, 6) is 0.192. The van der Waals surface area contributed by atoms with Crippen molar-refractivity contribution < 1.29 is 18.4 Å². The van der Waals surface area contributed by atoms with E-state index in [1.54, 1.807) is 22.8 Å². The van der Waals surface area contributed by atoms with E-state index in [1.807, 2.05) is 13.0 Å². The van der Waals surface area contributed by atoms with Crippen molar-refractivity contribution in [3.63, 3.8) is 0 Å². The van der Waals surface area contributed by atoms with Gasteiger partial charge in [-0.1, -0.05) is 36.9 Å². The fraction of sp³-hybridized carbons (Fsp3) is 0.318. The van der Waals surface area contributed by atoms with Gasteiger partial charge in [0.05, 0.1) is 11.0 Å². The Hall–Kier alpha value is -2.76. The third-order valence-corrected chi connectivity index (χ3v) is 7.35. The highest BCUT2D eigenvalue weighted by atomic mass is 79.9. The lowest BCUT2D eigenvalue weighted by Crippen LogP contribution is -2.22. The first kappa shape index (κ1) is 23.4. The summed E-state index contributed by atoms with van der Waals surface area (Å²) in [6, 6.07) is 9.57. The normalized spacial score (nSPS) is 11.9. The molecule has 3 aromatic heterocycles. The van der Waals surface area contributed by atoms with Crippen LogP contribution in [0.3, 0.4) is 0 Å². The van der Waals surface area contributed by atoms with Gasteiger partial charge in [0.2, 0.25) is 5.88 Å². The standard InChI is InChI=1S/C22H24BrFN4O4Si/c1-13-5-6-14(21-26-22(29)32-27-21)9-18(13)31-19-11-16-17(10-15(24)20(23)25-16)28(19)12-30-7-8-33(2,3)4/h5-6,9-11H,7-8,12H2,1-4H3,(H,26,27,29). The monoisotopic (exact) mass is 534 g/mol. The predicted octanol–water partition coefficient (Wildman–Crippen LogP) is 5.69. The van der Waals surface area contributed by atoms with Gasteiger partial charge in [-0.25, -0.2) is 14.2 Å². The lowest BCUT2D eigenvalue weighted by molar-refractivity contribution is 0.0858. The van der Waals surface area contributed by atoms with Gasteiger partial charge in [0, 0.05) is 32.4 Å². The first-order valence-electron chi connectivity index (χ1n) is 10.4. The number of H-pyrrole nitrogens is 1. The molecule has 174 valence electrons.